The number of pyridine rings is 1. The van der Waals surface area contributed by atoms with Gasteiger partial charge in [0, 0.05) is 24.5 Å². The molecule has 0 aliphatic carbocycles. The van der Waals surface area contributed by atoms with Crippen LogP contribution in [-0.4, -0.2) is 45.9 Å². The molecule has 37 heavy (non-hydrogen) atoms. The van der Waals surface area contributed by atoms with E-state index in [2.05, 4.69) is 4.98 Å². The zero-order chi connectivity index (χ0) is 26.5. The Bertz CT molecular complexity index is 1350. The van der Waals surface area contributed by atoms with Crippen molar-refractivity contribution < 1.29 is 29.0 Å². The van der Waals surface area contributed by atoms with Crippen LogP contribution in [0.2, 0.25) is 5.02 Å². The van der Waals surface area contributed by atoms with Gasteiger partial charge in [-0.05, 0) is 61.4 Å². The highest BCUT2D eigenvalue weighted by Crippen LogP contribution is 2.41. The van der Waals surface area contributed by atoms with Crippen molar-refractivity contribution in [3.05, 3.63) is 99.8 Å². The first-order valence-corrected chi connectivity index (χ1v) is 12.1. The third kappa shape index (κ3) is 5.34. The van der Waals surface area contributed by atoms with E-state index in [1.54, 1.807) is 74.8 Å². The third-order valence-electron chi connectivity index (χ3n) is 5.86. The standard InChI is InChI=1S/C28H25ClN2O6/c1-3-36-22-14-19(11-12-21(22)29)25(32)23-24(20-6-5-13-30-15-20)31(27(34)26(23)33)16-17-7-9-18(10-8-17)28(35)37-4-2/h5-15,24,32H,3-4,16H2,1-2H3/b25-23-. The molecule has 3 aromatic rings. The van der Waals surface area contributed by atoms with Crippen molar-refractivity contribution in [3.8, 4) is 5.75 Å². The van der Waals surface area contributed by atoms with Crippen LogP contribution >= 0.6 is 11.6 Å². The summed E-state index contributed by atoms with van der Waals surface area (Å²) in [6.07, 6.45) is 3.13. The van der Waals surface area contributed by atoms with Gasteiger partial charge in [-0.1, -0.05) is 29.8 Å². The molecule has 4 rings (SSSR count). The quantitative estimate of drug-likeness (QED) is 0.194. The molecule has 1 saturated heterocycles. The largest absolute Gasteiger partial charge is 0.507 e. The highest BCUT2D eigenvalue weighted by Gasteiger charge is 2.46. The Morgan fingerprint density at radius 2 is 1.78 bits per heavy atom. The van der Waals surface area contributed by atoms with Crippen molar-refractivity contribution in [2.75, 3.05) is 13.2 Å². The second kappa shape index (κ2) is 11.3. The predicted molar refractivity (Wildman–Crippen MR) is 137 cm³/mol. The number of Topliss-reactive ketones (excluding diaryl/α,β-unsaturated/α-hetero) is 1. The van der Waals surface area contributed by atoms with Gasteiger partial charge >= 0.3 is 5.97 Å². The normalized spacial score (nSPS) is 16.6. The van der Waals surface area contributed by atoms with Crippen molar-refractivity contribution in [1.29, 1.82) is 0 Å². The van der Waals surface area contributed by atoms with Crippen LogP contribution in [0.5, 0.6) is 5.75 Å². The molecule has 1 unspecified atom stereocenters. The number of likely N-dealkylation sites (tertiary alicyclic amines) is 1. The van der Waals surface area contributed by atoms with Crippen LogP contribution in [0.4, 0.5) is 0 Å². The number of carbonyl (C=O) groups excluding carboxylic acids is 3. The van der Waals surface area contributed by atoms with Gasteiger partial charge in [0.1, 0.15) is 11.5 Å². The van der Waals surface area contributed by atoms with Gasteiger partial charge in [0.25, 0.3) is 11.7 Å². The molecule has 1 atom stereocenters. The zero-order valence-corrected chi connectivity index (χ0v) is 21.1. The molecule has 2 heterocycles. The smallest absolute Gasteiger partial charge is 0.338 e. The molecule has 1 fully saturated rings. The molecule has 0 saturated carbocycles. The zero-order valence-electron chi connectivity index (χ0n) is 20.3. The van der Waals surface area contributed by atoms with E-state index in [0.717, 1.165) is 0 Å². The van der Waals surface area contributed by atoms with Crippen molar-refractivity contribution in [1.82, 2.24) is 9.88 Å². The summed E-state index contributed by atoms with van der Waals surface area (Å²) in [5, 5.41) is 11.6. The lowest BCUT2D eigenvalue weighted by Crippen LogP contribution is -2.29. The number of esters is 1. The molecule has 2 aromatic carbocycles. The number of halogens is 1. The number of ether oxygens (including phenoxy) is 2. The van der Waals surface area contributed by atoms with Crippen LogP contribution in [0, 0.1) is 0 Å². The minimum atomic E-state index is -0.885. The van der Waals surface area contributed by atoms with E-state index in [-0.39, 0.29) is 24.5 Å². The summed E-state index contributed by atoms with van der Waals surface area (Å²) >= 11 is 6.19. The Hall–Kier alpha value is -4.17. The van der Waals surface area contributed by atoms with Gasteiger partial charge in [-0.2, -0.15) is 0 Å². The van der Waals surface area contributed by atoms with E-state index in [0.29, 0.717) is 39.6 Å². The maximum absolute atomic E-state index is 13.2. The summed E-state index contributed by atoms with van der Waals surface area (Å²) < 4.78 is 10.5. The van der Waals surface area contributed by atoms with Crippen LogP contribution in [0.1, 0.15) is 46.9 Å². The fraction of sp³-hybridized carbons (Fsp3) is 0.214. The second-order valence-electron chi connectivity index (χ2n) is 8.21. The van der Waals surface area contributed by atoms with Crippen LogP contribution in [0.25, 0.3) is 5.76 Å². The van der Waals surface area contributed by atoms with Crippen LogP contribution < -0.4 is 4.74 Å². The summed E-state index contributed by atoms with van der Waals surface area (Å²) in [6.45, 7) is 4.21. The number of aliphatic hydroxyl groups is 1. The summed E-state index contributed by atoms with van der Waals surface area (Å²) in [5.41, 5.74) is 1.85. The Morgan fingerprint density at radius 3 is 2.43 bits per heavy atom. The number of hydrogen-bond acceptors (Lipinski definition) is 7. The van der Waals surface area contributed by atoms with Crippen molar-refractivity contribution in [3.63, 3.8) is 0 Å². The Kier molecular flexibility index (Phi) is 7.89. The molecule has 1 aliphatic heterocycles. The number of nitrogens with zero attached hydrogens (tertiary/aromatic N) is 2. The fourth-order valence-electron chi connectivity index (χ4n) is 4.16. The van der Waals surface area contributed by atoms with Crippen molar-refractivity contribution >= 4 is 35.0 Å². The Labute approximate surface area is 219 Å². The minimum Gasteiger partial charge on any atom is -0.507 e. The number of carbonyl (C=O) groups is 3. The average Bonchev–Trinajstić information content (AvgIpc) is 3.15. The van der Waals surface area contributed by atoms with Gasteiger partial charge in [0.05, 0.1) is 35.4 Å². The van der Waals surface area contributed by atoms with Gasteiger partial charge < -0.3 is 19.5 Å². The number of amides is 1. The van der Waals surface area contributed by atoms with Crippen LogP contribution in [-0.2, 0) is 20.9 Å². The topological polar surface area (TPSA) is 106 Å². The van der Waals surface area contributed by atoms with Crippen LogP contribution in [0.15, 0.2) is 72.6 Å². The SMILES string of the molecule is CCOC(=O)c1ccc(CN2C(=O)C(=O)/C(=C(\O)c3ccc(Cl)c(OCC)c3)C2c2cccnc2)cc1. The van der Waals surface area contributed by atoms with E-state index in [4.69, 9.17) is 21.1 Å². The predicted octanol–water partition coefficient (Wildman–Crippen LogP) is 4.93. The molecule has 1 aromatic heterocycles. The monoisotopic (exact) mass is 520 g/mol. The van der Waals surface area contributed by atoms with Crippen molar-refractivity contribution in [2.45, 2.75) is 26.4 Å². The van der Waals surface area contributed by atoms with Gasteiger partial charge in [-0.15, -0.1) is 0 Å². The Balaban J connectivity index is 1.76. The first-order valence-electron chi connectivity index (χ1n) is 11.7. The second-order valence-corrected chi connectivity index (χ2v) is 8.62. The lowest BCUT2D eigenvalue weighted by Gasteiger charge is -2.25. The van der Waals surface area contributed by atoms with Crippen LogP contribution in [0.3, 0.4) is 0 Å². The molecule has 1 aliphatic rings. The van der Waals surface area contributed by atoms with Gasteiger partial charge in [-0.25, -0.2) is 4.79 Å². The maximum Gasteiger partial charge on any atom is 0.338 e. The van der Waals surface area contributed by atoms with Crippen molar-refractivity contribution in [2.24, 2.45) is 0 Å². The molecular weight excluding hydrogens is 496 g/mol. The summed E-state index contributed by atoms with van der Waals surface area (Å²) in [6, 6.07) is 13.8. The average molecular weight is 521 g/mol. The molecule has 0 spiro atoms. The van der Waals surface area contributed by atoms with E-state index in [9.17, 15) is 19.5 Å². The number of hydrogen-bond donors (Lipinski definition) is 1. The molecule has 0 bridgehead atoms. The molecule has 9 heteroatoms. The van der Waals surface area contributed by atoms with Gasteiger partial charge in [0.15, 0.2) is 0 Å². The molecule has 8 nitrogen and oxygen atoms in total. The third-order valence-corrected chi connectivity index (χ3v) is 6.17. The summed E-state index contributed by atoms with van der Waals surface area (Å²) in [4.78, 5) is 44.0. The fourth-order valence-corrected chi connectivity index (χ4v) is 4.33. The van der Waals surface area contributed by atoms with Gasteiger partial charge in [-0.3, -0.25) is 14.6 Å². The summed E-state index contributed by atoms with van der Waals surface area (Å²) in [5.74, 6) is -2.02. The molecule has 0 radical (unpaired) electrons. The van der Waals surface area contributed by atoms with E-state index >= 15 is 0 Å². The number of ketones is 1. The molecular formula is C28H25ClN2O6. The molecule has 1 amide bonds. The number of rotatable bonds is 8. The van der Waals surface area contributed by atoms with E-state index in [1.807, 2.05) is 0 Å². The number of benzene rings is 2. The Morgan fingerprint density at radius 1 is 1.05 bits per heavy atom. The lowest BCUT2D eigenvalue weighted by molar-refractivity contribution is -0.140. The minimum absolute atomic E-state index is 0.0640. The van der Waals surface area contributed by atoms with E-state index < -0.39 is 23.7 Å². The highest BCUT2D eigenvalue weighted by atomic mass is 35.5. The molecule has 190 valence electrons. The number of aliphatic hydroxyl groups excluding tert-OH is 1. The lowest BCUT2D eigenvalue weighted by atomic mass is 9.96. The number of aromatic nitrogens is 1. The molecule has 1 N–H and O–H groups in total. The summed E-state index contributed by atoms with van der Waals surface area (Å²) in [7, 11) is 0. The highest BCUT2D eigenvalue weighted by molar-refractivity contribution is 6.46. The first-order chi connectivity index (χ1) is 17.8. The first kappa shape index (κ1) is 25.9. The van der Waals surface area contributed by atoms with E-state index in [1.165, 1.54) is 11.0 Å². The maximum atomic E-state index is 13.2. The van der Waals surface area contributed by atoms with Gasteiger partial charge in [0.2, 0.25) is 0 Å².